The van der Waals surface area contributed by atoms with Gasteiger partial charge in [0.2, 0.25) is 5.91 Å². The number of aromatic nitrogens is 4. The molecule has 0 aliphatic rings. The molecule has 2 heterocycles. The summed E-state index contributed by atoms with van der Waals surface area (Å²) in [6, 6.07) is 19.4. The number of thiazole rings is 1. The van der Waals surface area contributed by atoms with Crippen molar-refractivity contribution in [3.8, 4) is 5.69 Å². The number of hydrogen-bond donors (Lipinski definition) is 2. The third-order valence-electron chi connectivity index (χ3n) is 5.81. The average Bonchev–Trinajstić information content (AvgIpc) is 3.54. The lowest BCUT2D eigenvalue weighted by Crippen LogP contribution is -2.25. The second-order valence-electron chi connectivity index (χ2n) is 8.42. The van der Waals surface area contributed by atoms with Crippen LogP contribution >= 0.6 is 39.0 Å². The molecular weight excluding hydrogens is 618 g/mol. The van der Waals surface area contributed by atoms with Gasteiger partial charge in [-0.2, -0.15) is 0 Å². The van der Waals surface area contributed by atoms with Crippen molar-refractivity contribution in [3.05, 3.63) is 98.3 Å². The van der Waals surface area contributed by atoms with Crippen LogP contribution in [0.2, 0.25) is 0 Å². The second-order valence-corrected chi connectivity index (χ2v) is 11.3. The number of nitro benzene ring substituents is 1. The van der Waals surface area contributed by atoms with Gasteiger partial charge in [-0.1, -0.05) is 57.2 Å². The summed E-state index contributed by atoms with van der Waals surface area (Å²) in [4.78, 5) is 40.8. The van der Waals surface area contributed by atoms with E-state index in [0.717, 1.165) is 20.4 Å². The number of thioether (sulfide) groups is 1. The maximum Gasteiger partial charge on any atom is 0.273 e. The fourth-order valence-corrected chi connectivity index (χ4v) is 5.81. The molecule has 11 nitrogen and oxygen atoms in total. The van der Waals surface area contributed by atoms with Crippen LogP contribution in [0.5, 0.6) is 0 Å². The molecule has 2 aromatic heterocycles. The van der Waals surface area contributed by atoms with Gasteiger partial charge >= 0.3 is 0 Å². The SMILES string of the molecule is Cc1c(C(=O)NCc2nnc(SCC(=O)Nc3nc4ccccc4s3)n2-c2ccc(Br)cc2)cccc1[N+](=O)[O-]. The molecule has 0 bridgehead atoms. The lowest BCUT2D eigenvalue weighted by Gasteiger charge is -2.12. The zero-order chi connectivity index (χ0) is 28.2. The molecule has 0 unspecified atom stereocenters. The predicted molar refractivity (Wildman–Crippen MR) is 157 cm³/mol. The number of anilines is 1. The summed E-state index contributed by atoms with van der Waals surface area (Å²) < 4.78 is 3.61. The maximum absolute atomic E-state index is 12.9. The van der Waals surface area contributed by atoms with Crippen molar-refractivity contribution in [1.82, 2.24) is 25.1 Å². The van der Waals surface area contributed by atoms with Crippen LogP contribution < -0.4 is 10.6 Å². The number of nitro groups is 1. The van der Waals surface area contributed by atoms with Crippen LogP contribution in [0.4, 0.5) is 10.8 Å². The highest BCUT2D eigenvalue weighted by atomic mass is 79.9. The highest BCUT2D eigenvalue weighted by Crippen LogP contribution is 2.27. The normalized spacial score (nSPS) is 10.9. The molecule has 202 valence electrons. The van der Waals surface area contributed by atoms with Gasteiger partial charge in [-0.05, 0) is 49.4 Å². The van der Waals surface area contributed by atoms with Crippen molar-refractivity contribution in [2.75, 3.05) is 11.1 Å². The van der Waals surface area contributed by atoms with E-state index in [1.54, 1.807) is 4.57 Å². The Labute approximate surface area is 244 Å². The van der Waals surface area contributed by atoms with E-state index in [9.17, 15) is 19.7 Å². The zero-order valence-electron chi connectivity index (χ0n) is 20.8. The molecule has 5 rings (SSSR count). The summed E-state index contributed by atoms with van der Waals surface area (Å²) >= 11 is 6.02. The number of halogens is 1. The smallest absolute Gasteiger partial charge is 0.273 e. The van der Waals surface area contributed by atoms with Crippen molar-refractivity contribution in [3.63, 3.8) is 0 Å². The van der Waals surface area contributed by atoms with Gasteiger partial charge in [0, 0.05) is 27.4 Å². The molecule has 0 saturated heterocycles. The summed E-state index contributed by atoms with van der Waals surface area (Å²) in [5, 5.41) is 26.4. The van der Waals surface area contributed by atoms with E-state index in [4.69, 9.17) is 0 Å². The molecule has 0 aliphatic heterocycles. The minimum absolute atomic E-state index is 0.00247. The second kappa shape index (κ2) is 11.9. The van der Waals surface area contributed by atoms with E-state index >= 15 is 0 Å². The highest BCUT2D eigenvalue weighted by Gasteiger charge is 2.20. The fraction of sp³-hybridized carbons (Fsp3) is 0.115. The molecule has 2 N–H and O–H groups in total. The summed E-state index contributed by atoms with van der Waals surface area (Å²) in [6.45, 7) is 1.54. The van der Waals surface area contributed by atoms with Crippen molar-refractivity contribution in [1.29, 1.82) is 0 Å². The lowest BCUT2D eigenvalue weighted by molar-refractivity contribution is -0.385. The number of amides is 2. The number of rotatable bonds is 9. The number of carbonyl (C=O) groups is 2. The molecular formula is C26H20BrN7O4S2. The Kier molecular flexibility index (Phi) is 8.19. The molecule has 5 aromatic rings. The van der Waals surface area contributed by atoms with Gasteiger partial charge < -0.3 is 10.6 Å². The Hall–Kier alpha value is -4.14. The molecule has 0 aliphatic carbocycles. The van der Waals surface area contributed by atoms with E-state index in [1.807, 2.05) is 48.5 Å². The first kappa shape index (κ1) is 27.4. The van der Waals surface area contributed by atoms with Crippen LogP contribution in [-0.2, 0) is 11.3 Å². The van der Waals surface area contributed by atoms with Gasteiger partial charge in [0.05, 0.1) is 27.4 Å². The van der Waals surface area contributed by atoms with Crippen LogP contribution in [0.1, 0.15) is 21.7 Å². The molecule has 0 spiro atoms. The Bertz CT molecular complexity index is 1700. The molecule has 14 heteroatoms. The van der Waals surface area contributed by atoms with Crippen molar-refractivity contribution < 1.29 is 14.5 Å². The topological polar surface area (TPSA) is 145 Å². The van der Waals surface area contributed by atoms with Gasteiger partial charge in [-0.25, -0.2) is 4.98 Å². The van der Waals surface area contributed by atoms with Gasteiger partial charge in [0.25, 0.3) is 11.6 Å². The van der Waals surface area contributed by atoms with Gasteiger partial charge in [-0.3, -0.25) is 24.3 Å². The van der Waals surface area contributed by atoms with Crippen molar-refractivity contribution in [2.45, 2.75) is 18.6 Å². The van der Waals surface area contributed by atoms with Crippen LogP contribution in [0.3, 0.4) is 0 Å². The number of carbonyl (C=O) groups excluding carboxylic acids is 2. The van der Waals surface area contributed by atoms with E-state index in [1.165, 1.54) is 48.2 Å². The van der Waals surface area contributed by atoms with E-state index < -0.39 is 10.8 Å². The number of fused-ring (bicyclic) bond motifs is 1. The van der Waals surface area contributed by atoms with Crippen LogP contribution in [0.15, 0.2) is 76.4 Å². The quantitative estimate of drug-likeness (QED) is 0.122. The Morgan fingerprint density at radius 1 is 1.07 bits per heavy atom. The van der Waals surface area contributed by atoms with Crippen molar-refractivity contribution >= 4 is 71.9 Å². The predicted octanol–water partition coefficient (Wildman–Crippen LogP) is 5.52. The molecule has 3 aromatic carbocycles. The summed E-state index contributed by atoms with van der Waals surface area (Å²) in [5.74, 6) is -0.238. The van der Waals surface area contributed by atoms with Gasteiger partial charge in [0.15, 0.2) is 16.1 Å². The monoisotopic (exact) mass is 637 g/mol. The van der Waals surface area contributed by atoms with Crippen LogP contribution in [0.25, 0.3) is 15.9 Å². The summed E-state index contributed by atoms with van der Waals surface area (Å²) in [5.41, 5.74) is 1.89. The number of hydrogen-bond acceptors (Lipinski definition) is 9. The minimum Gasteiger partial charge on any atom is -0.345 e. The van der Waals surface area contributed by atoms with Crippen LogP contribution in [-0.4, -0.2) is 42.2 Å². The molecule has 2 amide bonds. The number of nitrogens with one attached hydrogen (secondary N) is 2. The summed E-state index contributed by atoms with van der Waals surface area (Å²) in [6.07, 6.45) is 0. The molecule has 0 fully saturated rings. The van der Waals surface area contributed by atoms with Crippen molar-refractivity contribution in [2.24, 2.45) is 0 Å². The van der Waals surface area contributed by atoms with Gasteiger partial charge in [0.1, 0.15) is 0 Å². The first-order chi connectivity index (χ1) is 19.3. The summed E-state index contributed by atoms with van der Waals surface area (Å²) in [7, 11) is 0. The fourth-order valence-electron chi connectivity index (χ4n) is 3.89. The average molecular weight is 639 g/mol. The molecule has 0 atom stereocenters. The third kappa shape index (κ3) is 6.03. The maximum atomic E-state index is 12.9. The molecule has 0 radical (unpaired) electrons. The third-order valence-corrected chi connectivity index (χ3v) is 8.22. The van der Waals surface area contributed by atoms with Gasteiger partial charge in [-0.15, -0.1) is 10.2 Å². The van der Waals surface area contributed by atoms with Crippen LogP contribution in [0, 0.1) is 17.0 Å². The molecule has 40 heavy (non-hydrogen) atoms. The van der Waals surface area contributed by atoms with E-state index in [2.05, 4.69) is 41.7 Å². The number of para-hydroxylation sites is 1. The Balaban J connectivity index is 1.32. The first-order valence-electron chi connectivity index (χ1n) is 11.8. The highest BCUT2D eigenvalue weighted by molar-refractivity contribution is 9.10. The Morgan fingerprint density at radius 3 is 2.60 bits per heavy atom. The van der Waals surface area contributed by atoms with E-state index in [0.29, 0.717) is 16.1 Å². The number of nitrogens with zero attached hydrogens (tertiary/aromatic N) is 5. The number of benzene rings is 3. The zero-order valence-corrected chi connectivity index (χ0v) is 24.0. The Morgan fingerprint density at radius 2 is 1.85 bits per heavy atom. The first-order valence-corrected chi connectivity index (χ1v) is 14.4. The van der Waals surface area contributed by atoms with E-state index in [-0.39, 0.29) is 35.0 Å². The lowest BCUT2D eigenvalue weighted by atomic mass is 10.1. The minimum atomic E-state index is -0.521. The standard InChI is InChI=1S/C26H20BrN7O4S2/c1-15-18(5-4-7-20(15)34(37)38)24(36)28-13-22-31-32-26(33(22)17-11-9-16(27)10-12-17)39-14-23(35)30-25-29-19-6-2-3-8-21(19)40-25/h2-12H,13-14H2,1H3,(H,28,36)(H,29,30,35). The largest absolute Gasteiger partial charge is 0.345 e. The molecule has 0 saturated carbocycles.